The Kier molecular flexibility index (Phi) is 5.48. The predicted molar refractivity (Wildman–Crippen MR) is 136 cm³/mol. The number of methoxy groups -OCH3 is 2. The molecule has 182 valence electrons. The molecule has 0 radical (unpaired) electrons. The Morgan fingerprint density at radius 2 is 1.75 bits per heavy atom. The Labute approximate surface area is 209 Å². The lowest BCUT2D eigenvalue weighted by atomic mass is 9.84. The number of rotatable bonds is 6. The highest BCUT2D eigenvalue weighted by Crippen LogP contribution is 2.52. The average molecular weight is 483 g/mol. The van der Waals surface area contributed by atoms with Crippen LogP contribution in [0.15, 0.2) is 78.6 Å². The van der Waals surface area contributed by atoms with Gasteiger partial charge in [0.1, 0.15) is 30.0 Å². The largest absolute Gasteiger partial charge is 0.494 e. The summed E-state index contributed by atoms with van der Waals surface area (Å²) in [7, 11) is 3.26. The fourth-order valence-electron chi connectivity index (χ4n) is 5.00. The molecule has 0 amide bonds. The molecule has 2 aliphatic rings. The summed E-state index contributed by atoms with van der Waals surface area (Å²) in [6.45, 7) is 2.54. The molecule has 0 bridgehead atoms. The van der Waals surface area contributed by atoms with Gasteiger partial charge in [-0.1, -0.05) is 36.4 Å². The first-order chi connectivity index (χ1) is 17.7. The molecule has 1 aromatic heterocycles. The first kappa shape index (κ1) is 22.0. The van der Waals surface area contributed by atoms with Gasteiger partial charge in [0.2, 0.25) is 5.95 Å². The van der Waals surface area contributed by atoms with Crippen molar-refractivity contribution < 1.29 is 18.9 Å². The van der Waals surface area contributed by atoms with E-state index in [1.807, 2.05) is 66.2 Å². The molecule has 1 N–H and O–H groups in total. The maximum atomic E-state index is 6.71. The number of nitrogens with zero attached hydrogens (tertiary/aromatic N) is 3. The van der Waals surface area contributed by atoms with E-state index >= 15 is 0 Å². The van der Waals surface area contributed by atoms with Crippen LogP contribution in [0.4, 0.5) is 5.95 Å². The number of aromatic nitrogens is 3. The highest BCUT2D eigenvalue weighted by Gasteiger charge is 2.42. The number of fused-ring (bicyclic) bond motifs is 3. The van der Waals surface area contributed by atoms with Crippen LogP contribution >= 0.6 is 0 Å². The van der Waals surface area contributed by atoms with Crippen molar-refractivity contribution in [3.63, 3.8) is 0 Å². The lowest BCUT2D eigenvalue weighted by Gasteiger charge is -2.39. The standard InChI is InChI=1S/C28H26N4O4/c1-4-35-20-11-7-6-10-19(20)26-24-25(31-28-29-16-30-32(26)28)18-9-5-8-12-21(18)36-27(24)17-13-14-22(33-2)23(15-17)34-3/h5-16,26-27H,4H2,1-3H3,(H,29,30,31)/t26-,27-/m1/s1. The van der Waals surface area contributed by atoms with E-state index in [-0.39, 0.29) is 6.04 Å². The Hall–Kier alpha value is -4.46. The van der Waals surface area contributed by atoms with E-state index in [0.29, 0.717) is 24.1 Å². The maximum Gasteiger partial charge on any atom is 0.226 e. The number of anilines is 1. The molecule has 2 aliphatic heterocycles. The average Bonchev–Trinajstić information content (AvgIpc) is 3.40. The van der Waals surface area contributed by atoms with Crippen molar-refractivity contribution in [3.8, 4) is 23.0 Å². The fraction of sp³-hybridized carbons (Fsp3) is 0.214. The Morgan fingerprint density at radius 3 is 2.58 bits per heavy atom. The van der Waals surface area contributed by atoms with E-state index in [4.69, 9.17) is 18.9 Å². The second kappa shape index (κ2) is 8.96. The molecular weight excluding hydrogens is 456 g/mol. The first-order valence-electron chi connectivity index (χ1n) is 11.8. The van der Waals surface area contributed by atoms with Crippen LogP contribution in [0.1, 0.15) is 35.8 Å². The number of para-hydroxylation sites is 2. The van der Waals surface area contributed by atoms with Gasteiger partial charge in [0, 0.05) is 22.3 Å². The molecule has 0 aliphatic carbocycles. The molecular formula is C28H26N4O4. The van der Waals surface area contributed by atoms with Gasteiger partial charge in [-0.2, -0.15) is 10.1 Å². The number of benzene rings is 3. The van der Waals surface area contributed by atoms with E-state index in [9.17, 15) is 0 Å². The van der Waals surface area contributed by atoms with Crippen molar-refractivity contribution in [2.24, 2.45) is 0 Å². The molecule has 0 spiro atoms. The summed E-state index contributed by atoms with van der Waals surface area (Å²) in [5.41, 5.74) is 4.84. The van der Waals surface area contributed by atoms with Crippen LogP contribution in [-0.4, -0.2) is 35.6 Å². The Bertz CT molecular complexity index is 1460. The van der Waals surface area contributed by atoms with Gasteiger partial charge in [-0.15, -0.1) is 0 Å². The third kappa shape index (κ3) is 3.45. The van der Waals surface area contributed by atoms with Gasteiger partial charge in [-0.3, -0.25) is 0 Å². The van der Waals surface area contributed by atoms with Gasteiger partial charge in [-0.25, -0.2) is 4.68 Å². The summed E-state index contributed by atoms with van der Waals surface area (Å²) in [6.07, 6.45) is 1.13. The van der Waals surface area contributed by atoms with Crippen LogP contribution in [-0.2, 0) is 0 Å². The van der Waals surface area contributed by atoms with Crippen LogP contribution in [0.3, 0.4) is 0 Å². The van der Waals surface area contributed by atoms with Crippen molar-refractivity contribution in [1.82, 2.24) is 14.8 Å². The number of hydrogen-bond acceptors (Lipinski definition) is 7. The molecule has 0 saturated heterocycles. The monoisotopic (exact) mass is 482 g/mol. The Balaban J connectivity index is 1.61. The van der Waals surface area contributed by atoms with Crippen molar-refractivity contribution in [1.29, 1.82) is 0 Å². The van der Waals surface area contributed by atoms with E-state index in [2.05, 4.69) is 27.5 Å². The quantitative estimate of drug-likeness (QED) is 0.402. The van der Waals surface area contributed by atoms with Gasteiger partial charge in [0.15, 0.2) is 11.5 Å². The lowest BCUT2D eigenvalue weighted by molar-refractivity contribution is 0.221. The zero-order valence-electron chi connectivity index (χ0n) is 20.3. The fourth-order valence-corrected chi connectivity index (χ4v) is 5.00. The first-order valence-corrected chi connectivity index (χ1v) is 11.8. The number of nitrogens with one attached hydrogen (secondary N) is 1. The van der Waals surface area contributed by atoms with E-state index < -0.39 is 6.10 Å². The topological polar surface area (TPSA) is 79.7 Å². The van der Waals surface area contributed by atoms with Crippen LogP contribution in [0.25, 0.3) is 5.70 Å². The maximum absolute atomic E-state index is 6.71. The molecule has 8 heteroatoms. The third-order valence-corrected chi connectivity index (χ3v) is 6.55. The van der Waals surface area contributed by atoms with E-state index in [1.165, 1.54) is 0 Å². The van der Waals surface area contributed by atoms with Crippen LogP contribution in [0.5, 0.6) is 23.0 Å². The molecule has 6 rings (SSSR count). The molecule has 0 fully saturated rings. The molecule has 2 atom stereocenters. The molecule has 0 unspecified atom stereocenters. The second-order valence-corrected chi connectivity index (χ2v) is 8.47. The molecule has 0 saturated carbocycles. The highest BCUT2D eigenvalue weighted by atomic mass is 16.5. The molecule has 3 aromatic carbocycles. The summed E-state index contributed by atoms with van der Waals surface area (Å²) in [5, 5.41) is 8.13. The lowest BCUT2D eigenvalue weighted by Crippen LogP contribution is -2.32. The molecule has 3 heterocycles. The second-order valence-electron chi connectivity index (χ2n) is 8.47. The summed E-state index contributed by atoms with van der Waals surface area (Å²) < 4.78 is 25.8. The Morgan fingerprint density at radius 1 is 0.944 bits per heavy atom. The third-order valence-electron chi connectivity index (χ3n) is 6.55. The smallest absolute Gasteiger partial charge is 0.226 e. The summed E-state index contributed by atoms with van der Waals surface area (Å²) >= 11 is 0. The van der Waals surface area contributed by atoms with Crippen molar-refractivity contribution in [2.75, 3.05) is 26.1 Å². The minimum Gasteiger partial charge on any atom is -0.494 e. The zero-order chi connectivity index (χ0) is 24.6. The summed E-state index contributed by atoms with van der Waals surface area (Å²) in [4.78, 5) is 4.51. The van der Waals surface area contributed by atoms with E-state index in [0.717, 1.165) is 39.5 Å². The van der Waals surface area contributed by atoms with E-state index in [1.54, 1.807) is 20.5 Å². The van der Waals surface area contributed by atoms with Crippen LogP contribution in [0.2, 0.25) is 0 Å². The zero-order valence-corrected chi connectivity index (χ0v) is 20.3. The SMILES string of the molecule is CCOc1ccccc1[C@@H]1C2=C(Nc3ncnn31)c1ccccc1O[C@@H]2c1ccc(OC)c(OC)c1. The molecule has 4 aromatic rings. The summed E-state index contributed by atoms with van der Waals surface area (Å²) in [6, 6.07) is 21.6. The highest BCUT2D eigenvalue weighted by molar-refractivity contribution is 5.85. The normalized spacial score (nSPS) is 17.8. The van der Waals surface area contributed by atoms with Crippen LogP contribution < -0.4 is 24.3 Å². The number of hydrogen-bond donors (Lipinski definition) is 1. The van der Waals surface area contributed by atoms with Gasteiger partial charge in [-0.05, 0) is 37.3 Å². The van der Waals surface area contributed by atoms with Crippen molar-refractivity contribution in [2.45, 2.75) is 19.1 Å². The van der Waals surface area contributed by atoms with Gasteiger partial charge in [0.25, 0.3) is 0 Å². The minimum atomic E-state index is -0.431. The van der Waals surface area contributed by atoms with Crippen LogP contribution in [0, 0.1) is 0 Å². The van der Waals surface area contributed by atoms with Crippen molar-refractivity contribution >= 4 is 11.6 Å². The molecule has 36 heavy (non-hydrogen) atoms. The predicted octanol–water partition coefficient (Wildman–Crippen LogP) is 5.25. The van der Waals surface area contributed by atoms with Crippen molar-refractivity contribution in [3.05, 3.63) is 95.3 Å². The number of ether oxygens (including phenoxy) is 4. The molecule has 8 nitrogen and oxygen atoms in total. The summed E-state index contributed by atoms with van der Waals surface area (Å²) in [5.74, 6) is 3.53. The van der Waals surface area contributed by atoms with Gasteiger partial charge < -0.3 is 24.3 Å². The van der Waals surface area contributed by atoms with Gasteiger partial charge >= 0.3 is 0 Å². The minimum absolute atomic E-state index is 0.312. The van der Waals surface area contributed by atoms with Gasteiger partial charge in [0.05, 0.1) is 26.5 Å².